The van der Waals surface area contributed by atoms with Crippen molar-refractivity contribution in [2.24, 2.45) is 11.7 Å². The molecule has 1 rings (SSSR count). The topological polar surface area (TPSA) is 46.3 Å². The van der Waals surface area contributed by atoms with E-state index in [-0.39, 0.29) is 5.92 Å². The van der Waals surface area contributed by atoms with E-state index in [1.54, 1.807) is 0 Å². The molecule has 0 bridgehead atoms. The molecule has 16 heavy (non-hydrogen) atoms. The highest BCUT2D eigenvalue weighted by Gasteiger charge is 2.27. The second kappa shape index (κ2) is 6.69. The van der Waals surface area contributed by atoms with Crippen molar-refractivity contribution < 1.29 is 4.79 Å². The van der Waals surface area contributed by atoms with Crippen molar-refractivity contribution in [3.05, 3.63) is 12.7 Å². The zero-order valence-electron chi connectivity index (χ0n) is 10.3. The number of carbonyl (C=O) groups excluding carboxylic acids is 1. The predicted octanol–water partition coefficient (Wildman–Crippen LogP) is 1.93. The molecule has 0 unspecified atom stereocenters. The Kier molecular flexibility index (Phi) is 5.53. The number of amides is 1. The van der Waals surface area contributed by atoms with Gasteiger partial charge in [-0.05, 0) is 32.1 Å². The van der Waals surface area contributed by atoms with E-state index in [0.717, 1.165) is 38.6 Å². The van der Waals surface area contributed by atoms with Gasteiger partial charge in [-0.2, -0.15) is 0 Å². The van der Waals surface area contributed by atoms with Gasteiger partial charge < -0.3 is 10.6 Å². The molecule has 0 aromatic rings. The Balaban J connectivity index is 2.49. The first-order valence-electron chi connectivity index (χ1n) is 6.34. The summed E-state index contributed by atoms with van der Waals surface area (Å²) in [5.41, 5.74) is 5.85. The Labute approximate surface area is 98.7 Å². The standard InChI is InChI=1S/C13H24N2O/c1-3-9-15(10-4-2)13(16)11-5-7-12(14)8-6-11/h3,11-12H,1,4-10,14H2,2H3. The molecule has 3 heteroatoms. The highest BCUT2D eigenvalue weighted by atomic mass is 16.2. The molecule has 1 aliphatic rings. The Morgan fingerprint density at radius 1 is 1.44 bits per heavy atom. The van der Waals surface area contributed by atoms with Crippen LogP contribution >= 0.6 is 0 Å². The van der Waals surface area contributed by atoms with Crippen LogP contribution in [0.3, 0.4) is 0 Å². The van der Waals surface area contributed by atoms with Gasteiger partial charge in [0.2, 0.25) is 5.91 Å². The first-order chi connectivity index (χ1) is 7.69. The summed E-state index contributed by atoms with van der Waals surface area (Å²) in [5, 5.41) is 0. The molecule has 0 aromatic heterocycles. The number of nitrogens with zero attached hydrogens (tertiary/aromatic N) is 1. The molecule has 1 aliphatic carbocycles. The third kappa shape index (κ3) is 3.63. The molecule has 92 valence electrons. The van der Waals surface area contributed by atoms with Gasteiger partial charge in [-0.1, -0.05) is 13.0 Å². The van der Waals surface area contributed by atoms with Crippen LogP contribution in [0, 0.1) is 5.92 Å². The Bertz CT molecular complexity index is 232. The quantitative estimate of drug-likeness (QED) is 0.725. The lowest BCUT2D eigenvalue weighted by Crippen LogP contribution is -2.40. The lowest BCUT2D eigenvalue weighted by atomic mass is 9.85. The van der Waals surface area contributed by atoms with Gasteiger partial charge in [0.05, 0.1) is 0 Å². The van der Waals surface area contributed by atoms with E-state index in [1.807, 2.05) is 11.0 Å². The number of carbonyl (C=O) groups is 1. The summed E-state index contributed by atoms with van der Waals surface area (Å²) in [4.78, 5) is 14.1. The molecule has 2 N–H and O–H groups in total. The fraction of sp³-hybridized carbons (Fsp3) is 0.769. The second-order valence-corrected chi connectivity index (χ2v) is 4.68. The molecule has 0 spiro atoms. The van der Waals surface area contributed by atoms with E-state index in [0.29, 0.717) is 18.5 Å². The van der Waals surface area contributed by atoms with Gasteiger partial charge in [0.25, 0.3) is 0 Å². The highest BCUT2D eigenvalue weighted by Crippen LogP contribution is 2.25. The smallest absolute Gasteiger partial charge is 0.225 e. The zero-order chi connectivity index (χ0) is 12.0. The van der Waals surface area contributed by atoms with E-state index in [1.165, 1.54) is 0 Å². The fourth-order valence-electron chi connectivity index (χ4n) is 2.34. The van der Waals surface area contributed by atoms with Crippen LogP contribution in [0.25, 0.3) is 0 Å². The van der Waals surface area contributed by atoms with Crippen molar-refractivity contribution in [2.45, 2.75) is 45.1 Å². The van der Waals surface area contributed by atoms with E-state index in [4.69, 9.17) is 5.73 Å². The molecule has 0 saturated heterocycles. The minimum absolute atomic E-state index is 0.200. The van der Waals surface area contributed by atoms with Gasteiger partial charge in [-0.15, -0.1) is 6.58 Å². The van der Waals surface area contributed by atoms with Gasteiger partial charge in [-0.25, -0.2) is 0 Å². The molecule has 1 amide bonds. The molecule has 1 saturated carbocycles. The van der Waals surface area contributed by atoms with Crippen LogP contribution in [0.5, 0.6) is 0 Å². The van der Waals surface area contributed by atoms with Gasteiger partial charge >= 0.3 is 0 Å². The zero-order valence-corrected chi connectivity index (χ0v) is 10.3. The largest absolute Gasteiger partial charge is 0.339 e. The van der Waals surface area contributed by atoms with Gasteiger partial charge in [0.15, 0.2) is 0 Å². The van der Waals surface area contributed by atoms with E-state index in [2.05, 4.69) is 13.5 Å². The molecule has 3 nitrogen and oxygen atoms in total. The van der Waals surface area contributed by atoms with Crippen molar-refractivity contribution >= 4 is 5.91 Å². The van der Waals surface area contributed by atoms with Crippen molar-refractivity contribution in [2.75, 3.05) is 13.1 Å². The highest BCUT2D eigenvalue weighted by molar-refractivity contribution is 5.79. The van der Waals surface area contributed by atoms with E-state index in [9.17, 15) is 4.79 Å². The summed E-state index contributed by atoms with van der Waals surface area (Å²) in [5.74, 6) is 0.500. The normalized spacial score (nSPS) is 25.1. The monoisotopic (exact) mass is 224 g/mol. The maximum Gasteiger partial charge on any atom is 0.225 e. The summed E-state index contributed by atoms with van der Waals surface area (Å²) in [7, 11) is 0. The predicted molar refractivity (Wildman–Crippen MR) is 67.0 cm³/mol. The van der Waals surface area contributed by atoms with Crippen LogP contribution in [-0.4, -0.2) is 29.9 Å². The average molecular weight is 224 g/mol. The molecule has 0 radical (unpaired) electrons. The molecule has 1 fully saturated rings. The summed E-state index contributed by atoms with van der Waals surface area (Å²) in [6, 6.07) is 0.308. The minimum Gasteiger partial charge on any atom is -0.339 e. The first-order valence-corrected chi connectivity index (χ1v) is 6.34. The van der Waals surface area contributed by atoms with Crippen molar-refractivity contribution in [1.29, 1.82) is 0 Å². The summed E-state index contributed by atoms with van der Waals surface area (Å²) >= 11 is 0. The van der Waals surface area contributed by atoms with Crippen LogP contribution in [0.2, 0.25) is 0 Å². The maximum absolute atomic E-state index is 12.2. The van der Waals surface area contributed by atoms with Crippen LogP contribution in [0.1, 0.15) is 39.0 Å². The third-order valence-corrected chi connectivity index (χ3v) is 3.28. The maximum atomic E-state index is 12.2. The van der Waals surface area contributed by atoms with Crippen LogP contribution < -0.4 is 5.73 Å². The first kappa shape index (κ1) is 13.2. The summed E-state index contributed by atoms with van der Waals surface area (Å²) in [6.45, 7) is 7.32. The molecular formula is C13H24N2O. The third-order valence-electron chi connectivity index (χ3n) is 3.28. The molecular weight excluding hydrogens is 200 g/mol. The van der Waals surface area contributed by atoms with Gasteiger partial charge in [0.1, 0.15) is 0 Å². The lowest BCUT2D eigenvalue weighted by molar-refractivity contribution is -0.136. The second-order valence-electron chi connectivity index (χ2n) is 4.68. The van der Waals surface area contributed by atoms with Gasteiger partial charge in [0, 0.05) is 25.0 Å². The van der Waals surface area contributed by atoms with E-state index < -0.39 is 0 Å². The van der Waals surface area contributed by atoms with Crippen molar-refractivity contribution in [3.63, 3.8) is 0 Å². The summed E-state index contributed by atoms with van der Waals surface area (Å²) in [6.07, 6.45) is 6.71. The lowest BCUT2D eigenvalue weighted by Gasteiger charge is -2.30. The Hall–Kier alpha value is -0.830. The number of rotatable bonds is 5. The van der Waals surface area contributed by atoms with Crippen molar-refractivity contribution in [1.82, 2.24) is 4.90 Å². The SMILES string of the molecule is C=CCN(CCC)C(=O)C1CCC(N)CC1. The average Bonchev–Trinajstić information content (AvgIpc) is 2.29. The minimum atomic E-state index is 0.200. The molecule has 0 heterocycles. The molecule has 0 atom stereocenters. The number of hydrogen-bond donors (Lipinski definition) is 1. The Morgan fingerprint density at radius 2 is 2.06 bits per heavy atom. The number of hydrogen-bond acceptors (Lipinski definition) is 2. The van der Waals surface area contributed by atoms with Crippen LogP contribution in [0.15, 0.2) is 12.7 Å². The summed E-state index contributed by atoms with van der Waals surface area (Å²) < 4.78 is 0. The van der Waals surface area contributed by atoms with Crippen LogP contribution in [0.4, 0.5) is 0 Å². The molecule has 0 aliphatic heterocycles. The van der Waals surface area contributed by atoms with Gasteiger partial charge in [-0.3, -0.25) is 4.79 Å². The Morgan fingerprint density at radius 3 is 2.56 bits per heavy atom. The molecule has 0 aromatic carbocycles. The number of nitrogens with two attached hydrogens (primary N) is 1. The fourth-order valence-corrected chi connectivity index (χ4v) is 2.34. The van der Waals surface area contributed by atoms with Crippen molar-refractivity contribution in [3.8, 4) is 0 Å². The van der Waals surface area contributed by atoms with E-state index >= 15 is 0 Å². The van der Waals surface area contributed by atoms with Crippen LogP contribution in [-0.2, 0) is 4.79 Å².